The number of primary sulfonamides is 1. The predicted molar refractivity (Wildman–Crippen MR) is 78.5 cm³/mol. The van der Waals surface area contributed by atoms with Crippen molar-refractivity contribution in [1.82, 2.24) is 0 Å². The molecule has 1 amide bonds. The summed E-state index contributed by atoms with van der Waals surface area (Å²) >= 11 is 0. The van der Waals surface area contributed by atoms with Crippen LogP contribution in [0.4, 0.5) is 11.4 Å². The van der Waals surface area contributed by atoms with Gasteiger partial charge in [0.05, 0.1) is 21.9 Å². The van der Waals surface area contributed by atoms with Crippen molar-refractivity contribution in [3.8, 4) is 0 Å². The Hall–Kier alpha value is -2.53. The highest BCUT2D eigenvalue weighted by Gasteiger charge is 2.35. The van der Waals surface area contributed by atoms with Crippen LogP contribution < -0.4 is 10.0 Å². The van der Waals surface area contributed by atoms with E-state index in [4.69, 9.17) is 5.14 Å². The van der Waals surface area contributed by atoms with E-state index in [1.54, 1.807) is 0 Å². The number of carbonyl (C=O) groups is 2. The fourth-order valence-corrected chi connectivity index (χ4v) is 3.37. The molecule has 0 radical (unpaired) electrons. The second kappa shape index (κ2) is 5.93. The van der Waals surface area contributed by atoms with Crippen LogP contribution in [0.1, 0.15) is 16.8 Å². The first-order chi connectivity index (χ1) is 10.6. The third-order valence-corrected chi connectivity index (χ3v) is 4.32. The summed E-state index contributed by atoms with van der Waals surface area (Å²) < 4.78 is 22.2. The number of aromatic carboxylic acids is 1. The van der Waals surface area contributed by atoms with Gasteiger partial charge in [0.2, 0.25) is 15.9 Å². The Morgan fingerprint density at radius 1 is 1.48 bits per heavy atom. The first-order valence-corrected chi connectivity index (χ1v) is 8.12. The molecule has 1 fully saturated rings. The fraction of sp³-hybridized carbons (Fsp3) is 0.333. The van der Waals surface area contributed by atoms with Crippen LogP contribution in [-0.2, 0) is 14.8 Å². The standard InChI is InChI=1S/C12H13N3O7S/c13-23(21,22)6-7-3-11(16)14(5-7)10-4-8(15(19)20)1-2-9(10)12(17)18/h1-2,4,7H,3,5-6H2,(H,17,18)(H2,13,21,22). The number of carbonyl (C=O) groups excluding carboxylic acids is 1. The Balaban J connectivity index is 2.40. The molecule has 2 rings (SSSR count). The van der Waals surface area contributed by atoms with Crippen LogP contribution in [0.15, 0.2) is 18.2 Å². The average molecular weight is 343 g/mol. The molecule has 1 saturated heterocycles. The highest BCUT2D eigenvalue weighted by molar-refractivity contribution is 7.89. The highest BCUT2D eigenvalue weighted by atomic mass is 32.2. The van der Waals surface area contributed by atoms with E-state index in [1.165, 1.54) is 0 Å². The number of non-ortho nitro benzene ring substituents is 1. The number of carboxylic acids is 1. The molecule has 0 saturated carbocycles. The van der Waals surface area contributed by atoms with E-state index in [-0.39, 0.29) is 29.9 Å². The number of hydrogen-bond donors (Lipinski definition) is 2. The number of nitrogens with two attached hydrogens (primary N) is 1. The summed E-state index contributed by atoms with van der Waals surface area (Å²) in [7, 11) is -3.79. The molecule has 10 nitrogen and oxygen atoms in total. The summed E-state index contributed by atoms with van der Waals surface area (Å²) in [4.78, 5) is 34.5. The maximum atomic E-state index is 12.1. The van der Waals surface area contributed by atoms with Crippen molar-refractivity contribution in [3.63, 3.8) is 0 Å². The van der Waals surface area contributed by atoms with Crippen LogP contribution in [0, 0.1) is 16.0 Å². The van der Waals surface area contributed by atoms with Gasteiger partial charge in [0, 0.05) is 31.0 Å². The van der Waals surface area contributed by atoms with Crippen molar-refractivity contribution in [2.45, 2.75) is 6.42 Å². The van der Waals surface area contributed by atoms with Gasteiger partial charge in [0.25, 0.3) is 5.69 Å². The third kappa shape index (κ3) is 3.81. The molecule has 3 N–H and O–H groups in total. The minimum Gasteiger partial charge on any atom is -0.478 e. The Morgan fingerprint density at radius 3 is 2.65 bits per heavy atom. The number of carboxylic acid groups (broad SMARTS) is 1. The van der Waals surface area contributed by atoms with Gasteiger partial charge in [-0.25, -0.2) is 18.4 Å². The highest BCUT2D eigenvalue weighted by Crippen LogP contribution is 2.31. The van der Waals surface area contributed by atoms with Crippen LogP contribution in [0.5, 0.6) is 0 Å². The van der Waals surface area contributed by atoms with E-state index in [0.29, 0.717) is 0 Å². The molecular formula is C12H13N3O7S. The quantitative estimate of drug-likeness (QED) is 0.558. The summed E-state index contributed by atoms with van der Waals surface area (Å²) in [6, 6.07) is 3.05. The van der Waals surface area contributed by atoms with Crippen molar-refractivity contribution < 1.29 is 28.0 Å². The maximum absolute atomic E-state index is 12.1. The van der Waals surface area contributed by atoms with Gasteiger partial charge in [-0.05, 0) is 6.07 Å². The smallest absolute Gasteiger partial charge is 0.337 e. The summed E-state index contributed by atoms with van der Waals surface area (Å²) in [5, 5.41) is 25.0. The molecule has 1 atom stereocenters. The van der Waals surface area contributed by atoms with Gasteiger partial charge < -0.3 is 10.0 Å². The van der Waals surface area contributed by atoms with Gasteiger partial charge in [-0.3, -0.25) is 14.9 Å². The van der Waals surface area contributed by atoms with Crippen LogP contribution >= 0.6 is 0 Å². The third-order valence-electron chi connectivity index (χ3n) is 3.39. The van der Waals surface area contributed by atoms with Gasteiger partial charge in [-0.1, -0.05) is 0 Å². The molecule has 0 bridgehead atoms. The molecule has 1 aliphatic rings. The summed E-state index contributed by atoms with van der Waals surface area (Å²) in [5.41, 5.74) is -0.776. The molecule has 0 spiro atoms. The molecule has 1 heterocycles. The Labute approximate surface area is 130 Å². The van der Waals surface area contributed by atoms with Crippen molar-refractivity contribution >= 4 is 33.3 Å². The molecule has 1 aliphatic heterocycles. The number of sulfonamides is 1. The topological polar surface area (TPSA) is 161 Å². The number of nitrogens with zero attached hydrogens (tertiary/aromatic N) is 2. The average Bonchev–Trinajstić information content (AvgIpc) is 2.76. The van der Waals surface area contributed by atoms with Crippen LogP contribution in [0.3, 0.4) is 0 Å². The monoisotopic (exact) mass is 343 g/mol. The molecule has 0 aliphatic carbocycles. The molecular weight excluding hydrogens is 330 g/mol. The lowest BCUT2D eigenvalue weighted by Gasteiger charge is -2.18. The molecule has 0 aromatic heterocycles. The van der Waals surface area contributed by atoms with E-state index in [2.05, 4.69) is 0 Å². The number of amides is 1. The number of nitro groups is 1. The van der Waals surface area contributed by atoms with Gasteiger partial charge in [0.15, 0.2) is 0 Å². The summed E-state index contributed by atoms with van der Waals surface area (Å²) in [6.07, 6.45) is -0.127. The molecule has 1 aromatic carbocycles. The number of anilines is 1. The zero-order chi connectivity index (χ0) is 17.4. The van der Waals surface area contributed by atoms with Crippen molar-refractivity contribution in [2.24, 2.45) is 11.1 Å². The first kappa shape index (κ1) is 16.8. The number of hydrogen-bond acceptors (Lipinski definition) is 6. The molecule has 1 unspecified atom stereocenters. The number of rotatable bonds is 5. The zero-order valence-corrected chi connectivity index (χ0v) is 12.5. The Morgan fingerprint density at radius 2 is 2.13 bits per heavy atom. The molecule has 23 heavy (non-hydrogen) atoms. The number of nitro benzene ring substituents is 1. The van der Waals surface area contributed by atoms with Gasteiger partial charge in [0.1, 0.15) is 0 Å². The lowest BCUT2D eigenvalue weighted by Crippen LogP contribution is -2.28. The largest absolute Gasteiger partial charge is 0.478 e. The number of benzene rings is 1. The van der Waals surface area contributed by atoms with E-state index in [1.807, 2.05) is 0 Å². The van der Waals surface area contributed by atoms with Crippen LogP contribution in [-0.4, -0.2) is 42.6 Å². The maximum Gasteiger partial charge on any atom is 0.337 e. The second-order valence-corrected chi connectivity index (χ2v) is 6.83. The van der Waals surface area contributed by atoms with Gasteiger partial charge >= 0.3 is 5.97 Å². The van der Waals surface area contributed by atoms with Crippen molar-refractivity contribution in [3.05, 3.63) is 33.9 Å². The first-order valence-electron chi connectivity index (χ1n) is 6.41. The molecule has 11 heteroatoms. The van der Waals surface area contributed by atoms with Crippen LogP contribution in [0.2, 0.25) is 0 Å². The SMILES string of the molecule is NS(=O)(=O)CC1CC(=O)N(c2cc([N+](=O)[O-])ccc2C(=O)O)C1. The van der Waals surface area contributed by atoms with E-state index in [9.17, 15) is 33.2 Å². The minimum absolute atomic E-state index is 0.0727. The van der Waals surface area contributed by atoms with Gasteiger partial charge in [-0.15, -0.1) is 0 Å². The van der Waals surface area contributed by atoms with Crippen molar-refractivity contribution in [2.75, 3.05) is 17.2 Å². The minimum atomic E-state index is -3.79. The Bertz CT molecular complexity index is 790. The van der Waals surface area contributed by atoms with Crippen LogP contribution in [0.25, 0.3) is 0 Å². The second-order valence-electron chi connectivity index (χ2n) is 5.17. The van der Waals surface area contributed by atoms with Crippen molar-refractivity contribution in [1.29, 1.82) is 0 Å². The Kier molecular flexibility index (Phi) is 4.34. The van der Waals surface area contributed by atoms with E-state index < -0.39 is 38.5 Å². The van der Waals surface area contributed by atoms with E-state index in [0.717, 1.165) is 23.1 Å². The molecule has 124 valence electrons. The molecule has 1 aromatic rings. The lowest BCUT2D eigenvalue weighted by molar-refractivity contribution is -0.384. The van der Waals surface area contributed by atoms with E-state index >= 15 is 0 Å². The fourth-order valence-electron chi connectivity index (χ4n) is 2.49. The summed E-state index contributed by atoms with van der Waals surface area (Å²) in [5.74, 6) is -2.88. The van der Waals surface area contributed by atoms with Gasteiger partial charge in [-0.2, -0.15) is 0 Å². The lowest BCUT2D eigenvalue weighted by atomic mass is 10.1. The predicted octanol–water partition coefficient (Wildman–Crippen LogP) is -0.0656. The normalized spacial score (nSPS) is 18.2. The summed E-state index contributed by atoms with van der Waals surface area (Å²) in [6.45, 7) is -0.0727. The zero-order valence-electron chi connectivity index (χ0n) is 11.7.